The molecule has 0 saturated carbocycles. The van der Waals surface area contributed by atoms with Crippen LogP contribution in [0, 0.1) is 0 Å². The van der Waals surface area contributed by atoms with Crippen LogP contribution < -0.4 is 4.74 Å². The van der Waals surface area contributed by atoms with Crippen LogP contribution in [0.2, 0.25) is 0 Å². The Balaban J connectivity index is 2.64. The molecule has 0 aliphatic carbocycles. The standard InChI is InChI=1S/C10H11ClO/c1-2-9(8-11)12-10-6-4-3-5-7-10/h3-8H,2H2,1H3/b9-8-. The minimum Gasteiger partial charge on any atom is -0.461 e. The lowest BCUT2D eigenvalue weighted by Crippen LogP contribution is -1.91. The quantitative estimate of drug-likeness (QED) is 0.650. The average molecular weight is 183 g/mol. The molecule has 2 heteroatoms. The van der Waals surface area contributed by atoms with E-state index < -0.39 is 0 Å². The first-order valence-corrected chi connectivity index (χ1v) is 4.32. The molecule has 0 radical (unpaired) electrons. The summed E-state index contributed by atoms with van der Waals surface area (Å²) in [7, 11) is 0. The molecule has 0 saturated heterocycles. The molecular formula is C10H11ClO. The third-order valence-electron chi connectivity index (χ3n) is 1.46. The Morgan fingerprint density at radius 3 is 2.58 bits per heavy atom. The average Bonchev–Trinajstić information content (AvgIpc) is 2.16. The first-order chi connectivity index (χ1) is 5.86. The van der Waals surface area contributed by atoms with Crippen LogP contribution >= 0.6 is 11.6 Å². The van der Waals surface area contributed by atoms with Crippen molar-refractivity contribution >= 4 is 11.6 Å². The molecule has 64 valence electrons. The number of halogens is 1. The number of para-hydroxylation sites is 1. The van der Waals surface area contributed by atoms with E-state index in [1.807, 2.05) is 37.3 Å². The Labute approximate surface area is 77.6 Å². The monoisotopic (exact) mass is 182 g/mol. The maximum absolute atomic E-state index is 5.53. The van der Waals surface area contributed by atoms with Gasteiger partial charge >= 0.3 is 0 Å². The van der Waals surface area contributed by atoms with Gasteiger partial charge in [0.25, 0.3) is 0 Å². The summed E-state index contributed by atoms with van der Waals surface area (Å²) < 4.78 is 5.44. The summed E-state index contributed by atoms with van der Waals surface area (Å²) in [5.74, 6) is 1.61. The number of hydrogen-bond acceptors (Lipinski definition) is 1. The minimum absolute atomic E-state index is 0.780. The zero-order valence-corrected chi connectivity index (χ0v) is 7.71. The van der Waals surface area contributed by atoms with Crippen LogP contribution in [0.1, 0.15) is 13.3 Å². The highest BCUT2D eigenvalue weighted by Crippen LogP contribution is 2.14. The summed E-state index contributed by atoms with van der Waals surface area (Å²) in [6.45, 7) is 2.00. The fourth-order valence-corrected chi connectivity index (χ4v) is 1.01. The van der Waals surface area contributed by atoms with Crippen LogP contribution in [-0.2, 0) is 0 Å². The second-order valence-corrected chi connectivity index (χ2v) is 2.56. The fourth-order valence-electron chi connectivity index (χ4n) is 0.812. The molecule has 1 aromatic rings. The Kier molecular flexibility index (Phi) is 3.68. The Morgan fingerprint density at radius 2 is 2.08 bits per heavy atom. The molecule has 1 aromatic carbocycles. The van der Waals surface area contributed by atoms with Crippen LogP contribution in [0.3, 0.4) is 0 Å². The van der Waals surface area contributed by atoms with E-state index in [2.05, 4.69) is 0 Å². The van der Waals surface area contributed by atoms with Gasteiger partial charge < -0.3 is 4.74 Å². The molecule has 0 unspecified atom stereocenters. The Hall–Kier alpha value is -0.950. The summed E-state index contributed by atoms with van der Waals surface area (Å²) in [6, 6.07) is 9.60. The van der Waals surface area contributed by atoms with Gasteiger partial charge in [0.2, 0.25) is 0 Å². The predicted octanol–water partition coefficient (Wildman–Crippen LogP) is 3.56. The summed E-state index contributed by atoms with van der Waals surface area (Å²) in [4.78, 5) is 0. The minimum atomic E-state index is 0.780. The van der Waals surface area contributed by atoms with Crippen molar-refractivity contribution < 1.29 is 4.74 Å². The van der Waals surface area contributed by atoms with Crippen LogP contribution in [-0.4, -0.2) is 0 Å². The SMILES string of the molecule is CC/C(=C/Cl)Oc1ccccc1. The number of allylic oxidation sites excluding steroid dienone is 1. The molecule has 0 bridgehead atoms. The van der Waals surface area contributed by atoms with Crippen molar-refractivity contribution in [2.45, 2.75) is 13.3 Å². The van der Waals surface area contributed by atoms with Crippen molar-refractivity contribution in [2.24, 2.45) is 0 Å². The smallest absolute Gasteiger partial charge is 0.126 e. The maximum atomic E-state index is 5.53. The predicted molar refractivity (Wildman–Crippen MR) is 51.3 cm³/mol. The highest BCUT2D eigenvalue weighted by atomic mass is 35.5. The van der Waals surface area contributed by atoms with Crippen molar-refractivity contribution in [1.82, 2.24) is 0 Å². The van der Waals surface area contributed by atoms with Crippen molar-refractivity contribution in [2.75, 3.05) is 0 Å². The van der Waals surface area contributed by atoms with E-state index in [9.17, 15) is 0 Å². The van der Waals surface area contributed by atoms with E-state index in [-0.39, 0.29) is 0 Å². The molecule has 0 aromatic heterocycles. The molecule has 1 nitrogen and oxygen atoms in total. The largest absolute Gasteiger partial charge is 0.461 e. The fraction of sp³-hybridized carbons (Fsp3) is 0.200. The van der Waals surface area contributed by atoms with Gasteiger partial charge in [-0.15, -0.1) is 0 Å². The highest BCUT2D eigenvalue weighted by Gasteiger charge is 1.95. The summed E-state index contributed by atoms with van der Waals surface area (Å²) in [6.07, 6.45) is 0.804. The zero-order valence-electron chi connectivity index (χ0n) is 6.96. The van der Waals surface area contributed by atoms with Gasteiger partial charge in [0.1, 0.15) is 11.5 Å². The number of rotatable bonds is 3. The lowest BCUT2D eigenvalue weighted by molar-refractivity contribution is 0.411. The number of benzene rings is 1. The highest BCUT2D eigenvalue weighted by molar-refractivity contribution is 6.25. The van der Waals surface area contributed by atoms with Gasteiger partial charge in [0, 0.05) is 12.0 Å². The summed E-state index contributed by atoms with van der Waals surface area (Å²) >= 11 is 5.53. The van der Waals surface area contributed by atoms with Gasteiger partial charge in [-0.25, -0.2) is 0 Å². The molecule has 0 fully saturated rings. The third kappa shape index (κ3) is 2.59. The van der Waals surface area contributed by atoms with Gasteiger partial charge in [0.15, 0.2) is 0 Å². The van der Waals surface area contributed by atoms with Gasteiger partial charge in [0.05, 0.1) is 0 Å². The molecular weight excluding hydrogens is 172 g/mol. The molecule has 0 N–H and O–H groups in total. The molecule has 0 aliphatic rings. The van der Waals surface area contributed by atoms with Crippen molar-refractivity contribution in [3.63, 3.8) is 0 Å². The molecule has 0 aliphatic heterocycles. The maximum Gasteiger partial charge on any atom is 0.126 e. The molecule has 0 spiro atoms. The third-order valence-corrected chi connectivity index (χ3v) is 1.71. The second kappa shape index (κ2) is 4.83. The Bertz CT molecular complexity index is 254. The van der Waals surface area contributed by atoms with E-state index in [1.165, 1.54) is 5.54 Å². The van der Waals surface area contributed by atoms with Gasteiger partial charge in [-0.05, 0) is 12.1 Å². The lowest BCUT2D eigenvalue weighted by atomic mass is 10.3. The molecule has 0 amide bonds. The second-order valence-electron chi connectivity index (χ2n) is 2.34. The van der Waals surface area contributed by atoms with Crippen LogP contribution in [0.5, 0.6) is 5.75 Å². The van der Waals surface area contributed by atoms with Crippen LogP contribution in [0.25, 0.3) is 0 Å². The number of hydrogen-bond donors (Lipinski definition) is 0. The van der Waals surface area contributed by atoms with Gasteiger partial charge in [-0.3, -0.25) is 0 Å². The van der Waals surface area contributed by atoms with E-state index in [0.29, 0.717) is 0 Å². The van der Waals surface area contributed by atoms with Crippen LogP contribution in [0.15, 0.2) is 41.6 Å². The zero-order chi connectivity index (χ0) is 8.81. The Morgan fingerprint density at radius 1 is 1.42 bits per heavy atom. The normalized spacial score (nSPS) is 11.3. The molecule has 1 rings (SSSR count). The van der Waals surface area contributed by atoms with E-state index in [4.69, 9.17) is 16.3 Å². The molecule has 12 heavy (non-hydrogen) atoms. The van der Waals surface area contributed by atoms with Crippen LogP contribution in [0.4, 0.5) is 0 Å². The molecule has 0 heterocycles. The van der Waals surface area contributed by atoms with Crippen molar-refractivity contribution in [3.8, 4) is 5.75 Å². The lowest BCUT2D eigenvalue weighted by Gasteiger charge is -2.05. The first-order valence-electron chi connectivity index (χ1n) is 3.89. The van der Waals surface area contributed by atoms with E-state index in [0.717, 1.165) is 17.9 Å². The van der Waals surface area contributed by atoms with Crippen molar-refractivity contribution in [3.05, 3.63) is 41.6 Å². The first kappa shape index (κ1) is 9.14. The van der Waals surface area contributed by atoms with Gasteiger partial charge in [-0.1, -0.05) is 36.7 Å². The summed E-state index contributed by atoms with van der Waals surface area (Å²) in [5, 5.41) is 0. The van der Waals surface area contributed by atoms with E-state index in [1.54, 1.807) is 0 Å². The van der Waals surface area contributed by atoms with E-state index >= 15 is 0 Å². The van der Waals surface area contributed by atoms with Crippen molar-refractivity contribution in [1.29, 1.82) is 0 Å². The summed E-state index contributed by atoms with van der Waals surface area (Å²) in [5.41, 5.74) is 1.47. The molecule has 0 atom stereocenters. The topological polar surface area (TPSA) is 9.23 Å². The van der Waals surface area contributed by atoms with Gasteiger partial charge in [-0.2, -0.15) is 0 Å². The number of ether oxygens (including phenoxy) is 1.